The Kier molecular flexibility index (Phi) is 4.28. The van der Waals surface area contributed by atoms with E-state index in [0.29, 0.717) is 11.5 Å². The van der Waals surface area contributed by atoms with Crippen molar-refractivity contribution in [1.29, 1.82) is 0 Å². The van der Waals surface area contributed by atoms with E-state index in [-0.39, 0.29) is 17.5 Å². The van der Waals surface area contributed by atoms with Crippen LogP contribution in [0, 0.1) is 0 Å². The SMILES string of the molecule is CC(C)(C)NC(=S)NN1C(=O)CC[C@@H]1c1ccccc1. The lowest BCUT2D eigenvalue weighted by Gasteiger charge is -2.30. The van der Waals surface area contributed by atoms with Crippen LogP contribution in [-0.2, 0) is 4.79 Å². The molecular formula is C15H21N3OS. The Morgan fingerprint density at radius 3 is 2.55 bits per heavy atom. The molecule has 4 nitrogen and oxygen atoms in total. The predicted octanol–water partition coefficient (Wildman–Crippen LogP) is 2.53. The number of nitrogens with one attached hydrogen (secondary N) is 2. The second kappa shape index (κ2) is 5.79. The maximum Gasteiger partial charge on any atom is 0.241 e. The van der Waals surface area contributed by atoms with E-state index in [0.717, 1.165) is 12.0 Å². The normalized spacial score (nSPS) is 19.1. The van der Waals surface area contributed by atoms with Gasteiger partial charge in [-0.2, -0.15) is 0 Å². The molecule has 0 radical (unpaired) electrons. The molecule has 0 unspecified atom stereocenters. The molecule has 5 heteroatoms. The van der Waals surface area contributed by atoms with Crippen LogP contribution in [0.4, 0.5) is 0 Å². The van der Waals surface area contributed by atoms with Gasteiger partial charge in [-0.25, -0.2) is 5.01 Å². The maximum atomic E-state index is 12.0. The molecule has 1 saturated heterocycles. The van der Waals surface area contributed by atoms with Gasteiger partial charge in [0, 0.05) is 12.0 Å². The molecule has 2 N–H and O–H groups in total. The molecule has 0 aliphatic carbocycles. The van der Waals surface area contributed by atoms with E-state index in [2.05, 4.69) is 10.7 Å². The zero-order valence-electron chi connectivity index (χ0n) is 12.1. The number of thiocarbonyl (C=S) groups is 1. The molecule has 1 fully saturated rings. The summed E-state index contributed by atoms with van der Waals surface area (Å²) in [5.74, 6) is 0.0805. The summed E-state index contributed by atoms with van der Waals surface area (Å²) in [7, 11) is 0. The number of nitrogens with zero attached hydrogens (tertiary/aromatic N) is 1. The van der Waals surface area contributed by atoms with E-state index in [1.54, 1.807) is 5.01 Å². The molecule has 1 amide bonds. The molecule has 108 valence electrons. The summed E-state index contributed by atoms with van der Waals surface area (Å²) in [6.45, 7) is 6.09. The first kappa shape index (κ1) is 14.8. The van der Waals surface area contributed by atoms with Gasteiger partial charge in [0.05, 0.1) is 6.04 Å². The van der Waals surface area contributed by atoms with E-state index < -0.39 is 0 Å². The summed E-state index contributed by atoms with van der Waals surface area (Å²) in [5, 5.41) is 5.29. The summed E-state index contributed by atoms with van der Waals surface area (Å²) in [6.07, 6.45) is 1.36. The summed E-state index contributed by atoms with van der Waals surface area (Å²) >= 11 is 5.28. The van der Waals surface area contributed by atoms with Crippen LogP contribution in [0.15, 0.2) is 30.3 Å². The largest absolute Gasteiger partial charge is 0.357 e. The van der Waals surface area contributed by atoms with E-state index >= 15 is 0 Å². The summed E-state index contributed by atoms with van der Waals surface area (Å²) in [5.41, 5.74) is 4.04. The van der Waals surface area contributed by atoms with Gasteiger partial charge in [-0.1, -0.05) is 30.3 Å². The molecule has 2 rings (SSSR count). The Morgan fingerprint density at radius 2 is 1.95 bits per heavy atom. The van der Waals surface area contributed by atoms with Crippen molar-refractivity contribution in [2.45, 2.75) is 45.2 Å². The third-order valence-corrected chi connectivity index (χ3v) is 3.30. The van der Waals surface area contributed by atoms with Crippen LogP contribution in [-0.4, -0.2) is 21.6 Å². The number of carbonyl (C=O) groups excluding carboxylic acids is 1. The first-order chi connectivity index (χ1) is 9.37. The first-order valence-electron chi connectivity index (χ1n) is 6.82. The molecule has 1 aromatic carbocycles. The van der Waals surface area contributed by atoms with Gasteiger partial charge in [0.1, 0.15) is 0 Å². The highest BCUT2D eigenvalue weighted by molar-refractivity contribution is 7.80. The number of amides is 1. The predicted molar refractivity (Wildman–Crippen MR) is 83.9 cm³/mol. The standard InChI is InChI=1S/C15H21N3OS/c1-15(2,3)16-14(20)17-18-12(9-10-13(18)19)11-7-5-4-6-8-11/h4-8,12H,9-10H2,1-3H3,(H2,16,17,20)/t12-/m1/s1. The van der Waals surface area contributed by atoms with Crippen molar-refractivity contribution < 1.29 is 4.79 Å². The van der Waals surface area contributed by atoms with E-state index in [1.807, 2.05) is 51.1 Å². The molecule has 0 saturated carbocycles. The van der Waals surface area contributed by atoms with Gasteiger partial charge in [-0.15, -0.1) is 0 Å². The third-order valence-electron chi connectivity index (χ3n) is 3.11. The van der Waals surface area contributed by atoms with Gasteiger partial charge in [-0.3, -0.25) is 10.2 Å². The molecule has 1 aromatic rings. The molecule has 1 aliphatic rings. The van der Waals surface area contributed by atoms with Gasteiger partial charge in [0.15, 0.2) is 5.11 Å². The Bertz CT molecular complexity index is 496. The number of benzene rings is 1. The summed E-state index contributed by atoms with van der Waals surface area (Å²) in [4.78, 5) is 12.0. The highest BCUT2D eigenvalue weighted by atomic mass is 32.1. The molecule has 1 aliphatic heterocycles. The van der Waals surface area contributed by atoms with Crippen LogP contribution in [0.1, 0.15) is 45.2 Å². The fourth-order valence-electron chi connectivity index (χ4n) is 2.29. The number of carbonyl (C=O) groups is 1. The topological polar surface area (TPSA) is 44.4 Å². The van der Waals surface area contributed by atoms with Crippen molar-refractivity contribution in [3.8, 4) is 0 Å². The zero-order valence-corrected chi connectivity index (χ0v) is 13.0. The molecule has 0 aromatic heterocycles. The van der Waals surface area contributed by atoms with Crippen LogP contribution in [0.2, 0.25) is 0 Å². The van der Waals surface area contributed by atoms with Gasteiger partial charge in [-0.05, 0) is 45.0 Å². The molecule has 1 heterocycles. The van der Waals surface area contributed by atoms with Gasteiger partial charge in [0.25, 0.3) is 0 Å². The van der Waals surface area contributed by atoms with Gasteiger partial charge in [0.2, 0.25) is 5.91 Å². The number of rotatable bonds is 2. The summed E-state index contributed by atoms with van der Waals surface area (Å²) in [6, 6.07) is 10.1. The highest BCUT2D eigenvalue weighted by Crippen LogP contribution is 2.30. The minimum atomic E-state index is -0.130. The zero-order chi connectivity index (χ0) is 14.8. The minimum absolute atomic E-state index is 0.0448. The lowest BCUT2D eigenvalue weighted by Crippen LogP contribution is -2.53. The van der Waals surface area contributed by atoms with E-state index in [1.165, 1.54) is 0 Å². The fraction of sp³-hybridized carbons (Fsp3) is 0.467. The van der Waals surface area contributed by atoms with Crippen LogP contribution in [0.5, 0.6) is 0 Å². The van der Waals surface area contributed by atoms with Crippen molar-refractivity contribution in [3.05, 3.63) is 35.9 Å². The number of hydrogen-bond acceptors (Lipinski definition) is 2. The van der Waals surface area contributed by atoms with Gasteiger partial charge < -0.3 is 5.32 Å². The van der Waals surface area contributed by atoms with Crippen LogP contribution >= 0.6 is 12.2 Å². The van der Waals surface area contributed by atoms with Crippen LogP contribution in [0.25, 0.3) is 0 Å². The maximum absolute atomic E-state index is 12.0. The van der Waals surface area contributed by atoms with Crippen molar-refractivity contribution in [2.24, 2.45) is 0 Å². The van der Waals surface area contributed by atoms with Crippen molar-refractivity contribution >= 4 is 23.2 Å². The quantitative estimate of drug-likeness (QED) is 0.822. The number of hydrogen-bond donors (Lipinski definition) is 2. The van der Waals surface area contributed by atoms with Crippen molar-refractivity contribution in [2.75, 3.05) is 0 Å². The smallest absolute Gasteiger partial charge is 0.241 e. The average Bonchev–Trinajstić information content (AvgIpc) is 2.70. The van der Waals surface area contributed by atoms with E-state index in [4.69, 9.17) is 12.2 Å². The Balaban J connectivity index is 2.08. The molecule has 0 spiro atoms. The molecule has 1 atom stereocenters. The highest BCUT2D eigenvalue weighted by Gasteiger charge is 2.33. The molecular weight excluding hydrogens is 270 g/mol. The van der Waals surface area contributed by atoms with Crippen LogP contribution < -0.4 is 10.7 Å². The van der Waals surface area contributed by atoms with Crippen molar-refractivity contribution in [1.82, 2.24) is 15.8 Å². The lowest BCUT2D eigenvalue weighted by atomic mass is 10.1. The lowest BCUT2D eigenvalue weighted by molar-refractivity contribution is -0.130. The number of hydrazine groups is 1. The second-order valence-electron chi connectivity index (χ2n) is 6.04. The Hall–Kier alpha value is -1.62. The fourth-order valence-corrected chi connectivity index (χ4v) is 2.70. The summed E-state index contributed by atoms with van der Waals surface area (Å²) < 4.78 is 0. The van der Waals surface area contributed by atoms with Gasteiger partial charge >= 0.3 is 0 Å². The van der Waals surface area contributed by atoms with Crippen LogP contribution in [0.3, 0.4) is 0 Å². The average molecular weight is 291 g/mol. The molecule has 20 heavy (non-hydrogen) atoms. The first-order valence-corrected chi connectivity index (χ1v) is 7.23. The minimum Gasteiger partial charge on any atom is -0.357 e. The monoisotopic (exact) mass is 291 g/mol. The Morgan fingerprint density at radius 1 is 1.30 bits per heavy atom. The second-order valence-corrected chi connectivity index (χ2v) is 6.45. The molecule has 0 bridgehead atoms. The van der Waals surface area contributed by atoms with Crippen molar-refractivity contribution in [3.63, 3.8) is 0 Å². The Labute approximate surface area is 125 Å². The van der Waals surface area contributed by atoms with E-state index in [9.17, 15) is 4.79 Å². The third kappa shape index (κ3) is 3.70.